The van der Waals surface area contributed by atoms with Gasteiger partial charge in [-0.25, -0.2) is 9.78 Å². The van der Waals surface area contributed by atoms with Gasteiger partial charge in [-0.2, -0.15) is 0 Å². The number of aliphatic hydroxyl groups excluding tert-OH is 1. The lowest BCUT2D eigenvalue weighted by Gasteiger charge is -2.23. The predicted molar refractivity (Wildman–Crippen MR) is 114 cm³/mol. The molecule has 0 saturated carbocycles. The third-order valence-corrected chi connectivity index (χ3v) is 6.05. The number of ketones is 1. The third kappa shape index (κ3) is 3.05. The zero-order valence-corrected chi connectivity index (χ0v) is 16.9. The fraction of sp³-hybridized carbons (Fsp3) is 0.0455. The molecule has 0 fully saturated rings. The van der Waals surface area contributed by atoms with Gasteiger partial charge in [-0.05, 0) is 42.0 Å². The van der Waals surface area contributed by atoms with Crippen LogP contribution in [0, 0.1) is 0 Å². The number of benzene rings is 1. The summed E-state index contributed by atoms with van der Waals surface area (Å²) in [7, 11) is 0. The largest absolute Gasteiger partial charge is 0.503 e. The number of carbonyl (C=O) groups is 3. The van der Waals surface area contributed by atoms with E-state index >= 15 is 0 Å². The molecule has 3 aromatic heterocycles. The molecule has 1 aliphatic heterocycles. The van der Waals surface area contributed by atoms with Gasteiger partial charge in [-0.3, -0.25) is 19.5 Å². The molecular weight excluding hydrogens is 434 g/mol. The number of pyridine rings is 1. The number of aromatic carboxylic acids is 1. The van der Waals surface area contributed by atoms with Crippen molar-refractivity contribution in [3.05, 3.63) is 89.3 Å². The van der Waals surface area contributed by atoms with Crippen molar-refractivity contribution < 1.29 is 29.0 Å². The SMILES string of the molecule is O=C(O)c1ccc2nc(N3C(=O)C(O)=C(C(=O)c4ccco4)C3c3cccnc3)sc2c1. The number of carboxylic acids is 1. The van der Waals surface area contributed by atoms with Crippen LogP contribution in [0.1, 0.15) is 32.5 Å². The summed E-state index contributed by atoms with van der Waals surface area (Å²) in [5.74, 6) is -3.24. The molecule has 32 heavy (non-hydrogen) atoms. The molecule has 1 atom stereocenters. The van der Waals surface area contributed by atoms with Crippen molar-refractivity contribution in [2.75, 3.05) is 4.90 Å². The maximum absolute atomic E-state index is 13.1. The Morgan fingerprint density at radius 3 is 2.69 bits per heavy atom. The molecule has 4 heterocycles. The van der Waals surface area contributed by atoms with Crippen LogP contribution in [0.2, 0.25) is 0 Å². The van der Waals surface area contributed by atoms with Crippen LogP contribution in [-0.4, -0.2) is 37.8 Å². The van der Waals surface area contributed by atoms with E-state index in [1.807, 2.05) is 0 Å². The molecule has 1 unspecified atom stereocenters. The molecule has 0 bridgehead atoms. The molecule has 4 aromatic rings. The number of amides is 1. The number of aliphatic hydroxyl groups is 1. The van der Waals surface area contributed by atoms with E-state index in [0.717, 1.165) is 11.3 Å². The number of carbonyl (C=O) groups excluding carboxylic acids is 2. The van der Waals surface area contributed by atoms with E-state index in [1.54, 1.807) is 24.4 Å². The molecule has 0 aliphatic carbocycles. The van der Waals surface area contributed by atoms with Crippen molar-refractivity contribution >= 4 is 44.3 Å². The first-order valence-electron chi connectivity index (χ1n) is 9.34. The number of rotatable bonds is 5. The lowest BCUT2D eigenvalue weighted by atomic mass is 9.96. The van der Waals surface area contributed by atoms with Crippen LogP contribution < -0.4 is 4.90 Å². The molecule has 0 radical (unpaired) electrons. The molecule has 0 spiro atoms. The van der Waals surface area contributed by atoms with Crippen LogP contribution in [0.5, 0.6) is 0 Å². The molecule has 0 saturated heterocycles. The van der Waals surface area contributed by atoms with E-state index in [4.69, 9.17) is 4.42 Å². The van der Waals surface area contributed by atoms with Gasteiger partial charge < -0.3 is 14.6 Å². The number of nitrogens with zero attached hydrogens (tertiary/aromatic N) is 3. The average Bonchev–Trinajstić information content (AvgIpc) is 3.52. The second-order valence-corrected chi connectivity index (χ2v) is 7.93. The maximum atomic E-state index is 13.1. The Balaban J connectivity index is 1.66. The lowest BCUT2D eigenvalue weighted by molar-refractivity contribution is -0.117. The Morgan fingerprint density at radius 1 is 1.16 bits per heavy atom. The van der Waals surface area contributed by atoms with Crippen molar-refractivity contribution in [3.63, 3.8) is 0 Å². The summed E-state index contributed by atoms with van der Waals surface area (Å²) in [6.45, 7) is 0. The number of aromatic nitrogens is 2. The van der Waals surface area contributed by atoms with Gasteiger partial charge in [0.25, 0.3) is 5.91 Å². The Morgan fingerprint density at radius 2 is 2.00 bits per heavy atom. The minimum absolute atomic E-state index is 0.0227. The Bertz CT molecular complexity index is 1410. The second kappa shape index (κ2) is 7.43. The fourth-order valence-electron chi connectivity index (χ4n) is 3.58. The van der Waals surface area contributed by atoms with Crippen LogP contribution >= 0.6 is 11.3 Å². The molecule has 5 rings (SSSR count). The van der Waals surface area contributed by atoms with Crippen molar-refractivity contribution in [1.82, 2.24) is 9.97 Å². The van der Waals surface area contributed by atoms with Crippen LogP contribution in [0.25, 0.3) is 10.2 Å². The fourth-order valence-corrected chi connectivity index (χ4v) is 4.61. The Kier molecular flexibility index (Phi) is 4.56. The minimum atomic E-state index is -1.09. The predicted octanol–water partition coefficient (Wildman–Crippen LogP) is 3.77. The molecule has 10 heteroatoms. The number of carboxylic acid groups (broad SMARTS) is 1. The average molecular weight is 447 g/mol. The minimum Gasteiger partial charge on any atom is -0.503 e. The Hall–Kier alpha value is -4.31. The summed E-state index contributed by atoms with van der Waals surface area (Å²) < 4.78 is 5.74. The van der Waals surface area contributed by atoms with Gasteiger partial charge in [0.1, 0.15) is 0 Å². The van der Waals surface area contributed by atoms with Gasteiger partial charge in [0.05, 0.1) is 33.7 Å². The molecule has 9 nitrogen and oxygen atoms in total. The number of fused-ring (bicyclic) bond motifs is 1. The highest BCUT2D eigenvalue weighted by Crippen LogP contribution is 2.44. The molecule has 1 aromatic carbocycles. The van der Waals surface area contributed by atoms with Gasteiger partial charge in [0.2, 0.25) is 5.78 Å². The Labute approximate surface area is 183 Å². The normalized spacial score (nSPS) is 16.2. The zero-order chi connectivity index (χ0) is 22.4. The van der Waals surface area contributed by atoms with Crippen molar-refractivity contribution in [2.24, 2.45) is 0 Å². The monoisotopic (exact) mass is 447 g/mol. The molecular formula is C22H13N3O6S. The van der Waals surface area contributed by atoms with E-state index in [9.17, 15) is 24.6 Å². The number of hydrogen-bond donors (Lipinski definition) is 2. The summed E-state index contributed by atoms with van der Waals surface area (Å²) in [5.41, 5.74) is 0.908. The maximum Gasteiger partial charge on any atom is 0.335 e. The summed E-state index contributed by atoms with van der Waals surface area (Å²) >= 11 is 1.08. The van der Waals surface area contributed by atoms with E-state index in [2.05, 4.69) is 9.97 Å². The van der Waals surface area contributed by atoms with E-state index in [-0.39, 0.29) is 22.0 Å². The first-order valence-corrected chi connectivity index (χ1v) is 10.2. The van der Waals surface area contributed by atoms with Crippen molar-refractivity contribution in [2.45, 2.75) is 6.04 Å². The number of furan rings is 1. The van der Waals surface area contributed by atoms with Gasteiger partial charge in [-0.15, -0.1) is 0 Å². The summed E-state index contributed by atoms with van der Waals surface area (Å²) in [6.07, 6.45) is 4.37. The van der Waals surface area contributed by atoms with Crippen LogP contribution in [0.4, 0.5) is 5.13 Å². The number of anilines is 1. The van der Waals surface area contributed by atoms with Gasteiger partial charge >= 0.3 is 5.97 Å². The van der Waals surface area contributed by atoms with E-state index < -0.39 is 29.5 Å². The first-order chi connectivity index (χ1) is 15.5. The van der Waals surface area contributed by atoms with Gasteiger partial charge in [0, 0.05) is 12.4 Å². The van der Waals surface area contributed by atoms with Gasteiger partial charge in [0.15, 0.2) is 16.7 Å². The second-order valence-electron chi connectivity index (χ2n) is 6.92. The molecule has 1 amide bonds. The van der Waals surface area contributed by atoms with Crippen LogP contribution in [0.15, 0.2) is 76.9 Å². The smallest absolute Gasteiger partial charge is 0.335 e. The number of thiazole rings is 1. The van der Waals surface area contributed by atoms with Crippen molar-refractivity contribution in [1.29, 1.82) is 0 Å². The quantitative estimate of drug-likeness (QED) is 0.442. The third-order valence-electron chi connectivity index (χ3n) is 5.03. The highest BCUT2D eigenvalue weighted by atomic mass is 32.1. The highest BCUT2D eigenvalue weighted by Gasteiger charge is 2.46. The van der Waals surface area contributed by atoms with Crippen LogP contribution in [-0.2, 0) is 4.79 Å². The molecule has 1 aliphatic rings. The molecule has 2 N–H and O–H groups in total. The number of Topliss-reactive ketones (excluding diaryl/α,β-unsaturated/α-hetero) is 1. The summed E-state index contributed by atoms with van der Waals surface area (Å²) in [5, 5.41) is 20.1. The zero-order valence-electron chi connectivity index (χ0n) is 16.1. The topological polar surface area (TPSA) is 134 Å². The van der Waals surface area contributed by atoms with E-state index in [1.165, 1.54) is 41.6 Å². The lowest BCUT2D eigenvalue weighted by Crippen LogP contribution is -2.31. The van der Waals surface area contributed by atoms with E-state index in [0.29, 0.717) is 15.8 Å². The van der Waals surface area contributed by atoms with Crippen LogP contribution in [0.3, 0.4) is 0 Å². The van der Waals surface area contributed by atoms with Crippen molar-refractivity contribution in [3.8, 4) is 0 Å². The first kappa shape index (κ1) is 19.6. The summed E-state index contributed by atoms with van der Waals surface area (Å²) in [6, 6.07) is 9.74. The number of hydrogen-bond acceptors (Lipinski definition) is 8. The molecule has 158 valence electrons. The summed E-state index contributed by atoms with van der Waals surface area (Å²) in [4.78, 5) is 47.3. The standard InChI is InChI=1S/C22H13N3O6S/c26-18(14-4-2-8-31-14)16-17(12-3-1-7-23-10-12)25(20(28)19(16)27)22-24-13-6-5-11(21(29)30)9-15(13)32-22/h1-10,17,27H,(H,29,30). The van der Waals surface area contributed by atoms with Gasteiger partial charge in [-0.1, -0.05) is 17.4 Å². The highest BCUT2D eigenvalue weighted by molar-refractivity contribution is 7.22.